The van der Waals surface area contributed by atoms with Crippen LogP contribution in [-0.2, 0) is 14.8 Å². The molecule has 26 heavy (non-hydrogen) atoms. The monoisotopic (exact) mass is 374 g/mol. The van der Waals surface area contributed by atoms with Gasteiger partial charge >= 0.3 is 0 Å². The van der Waals surface area contributed by atoms with Crippen molar-refractivity contribution in [1.82, 2.24) is 0 Å². The summed E-state index contributed by atoms with van der Waals surface area (Å²) in [6.45, 7) is 1.80. The van der Waals surface area contributed by atoms with Crippen LogP contribution in [0.1, 0.15) is 18.9 Å². The molecule has 2 aromatic rings. The molecule has 0 aliphatic rings. The minimum Gasteiger partial charge on any atom is -0.496 e. The molecule has 6 nitrogen and oxygen atoms in total. The van der Waals surface area contributed by atoms with Gasteiger partial charge in [0.1, 0.15) is 5.75 Å². The lowest BCUT2D eigenvalue weighted by atomic mass is 10.2. The fourth-order valence-corrected chi connectivity index (χ4v) is 3.41. The number of para-hydroxylation sites is 1. The van der Waals surface area contributed by atoms with E-state index in [-0.39, 0.29) is 11.7 Å². The summed E-state index contributed by atoms with van der Waals surface area (Å²) in [5.41, 5.74) is 1.82. The van der Waals surface area contributed by atoms with Gasteiger partial charge in [-0.25, -0.2) is 8.42 Å². The standard InChI is InChI=1S/C19H22N2O4S/c1-3-14-26(23,24)21-17-11-9-16(10-12-17)20-19(22)13-8-15-6-4-5-7-18(15)25-2/h4-13,21H,3,14H2,1-2H3,(H,20,22)/b13-8+. The summed E-state index contributed by atoms with van der Waals surface area (Å²) in [4.78, 5) is 12.0. The first-order chi connectivity index (χ1) is 12.4. The SMILES string of the molecule is CCCS(=O)(=O)Nc1ccc(NC(=O)/C=C/c2ccccc2OC)cc1. The Labute approximate surface area is 153 Å². The van der Waals surface area contributed by atoms with Gasteiger partial charge in [0.25, 0.3) is 0 Å². The van der Waals surface area contributed by atoms with Gasteiger partial charge in [-0.05, 0) is 42.8 Å². The van der Waals surface area contributed by atoms with Crippen LogP contribution in [0.4, 0.5) is 11.4 Å². The van der Waals surface area contributed by atoms with E-state index in [1.54, 1.807) is 44.4 Å². The number of hydrogen-bond acceptors (Lipinski definition) is 4. The number of ether oxygens (including phenoxy) is 1. The van der Waals surface area contributed by atoms with E-state index in [1.165, 1.54) is 6.08 Å². The lowest BCUT2D eigenvalue weighted by Crippen LogP contribution is -2.16. The van der Waals surface area contributed by atoms with Gasteiger partial charge in [0.05, 0.1) is 12.9 Å². The average Bonchev–Trinajstić information content (AvgIpc) is 2.61. The molecule has 0 radical (unpaired) electrons. The van der Waals surface area contributed by atoms with Gasteiger partial charge in [0.2, 0.25) is 15.9 Å². The first-order valence-corrected chi connectivity index (χ1v) is 9.81. The van der Waals surface area contributed by atoms with Gasteiger partial charge in [0.15, 0.2) is 0 Å². The zero-order chi connectivity index (χ0) is 19.0. The third kappa shape index (κ3) is 5.93. The molecule has 0 spiro atoms. The minimum absolute atomic E-state index is 0.0687. The lowest BCUT2D eigenvalue weighted by Gasteiger charge is -2.08. The molecule has 0 fully saturated rings. The number of benzene rings is 2. The van der Waals surface area contributed by atoms with Crippen LogP contribution in [-0.4, -0.2) is 27.2 Å². The molecule has 0 bridgehead atoms. The van der Waals surface area contributed by atoms with Crippen molar-refractivity contribution in [2.45, 2.75) is 13.3 Å². The number of carbonyl (C=O) groups is 1. The number of rotatable bonds is 8. The van der Waals surface area contributed by atoms with Crippen LogP contribution >= 0.6 is 0 Å². The molecule has 0 saturated carbocycles. The topological polar surface area (TPSA) is 84.5 Å². The van der Waals surface area contributed by atoms with Gasteiger partial charge in [-0.1, -0.05) is 25.1 Å². The molecule has 0 aromatic heterocycles. The molecule has 0 unspecified atom stereocenters. The van der Waals surface area contributed by atoms with Gasteiger partial charge in [-0.3, -0.25) is 9.52 Å². The molecule has 0 saturated heterocycles. The fourth-order valence-electron chi connectivity index (χ4n) is 2.27. The predicted molar refractivity (Wildman–Crippen MR) is 105 cm³/mol. The summed E-state index contributed by atoms with van der Waals surface area (Å²) >= 11 is 0. The molecular weight excluding hydrogens is 352 g/mol. The van der Waals surface area contributed by atoms with Crippen LogP contribution in [0.2, 0.25) is 0 Å². The Morgan fingerprint density at radius 1 is 1.08 bits per heavy atom. The van der Waals surface area contributed by atoms with Gasteiger partial charge in [0, 0.05) is 23.0 Å². The summed E-state index contributed by atoms with van der Waals surface area (Å²) in [6.07, 6.45) is 3.62. The number of methoxy groups -OCH3 is 1. The Morgan fingerprint density at radius 3 is 2.38 bits per heavy atom. The molecule has 2 rings (SSSR count). The quantitative estimate of drug-likeness (QED) is 0.693. The highest BCUT2D eigenvalue weighted by Crippen LogP contribution is 2.19. The number of sulfonamides is 1. The predicted octanol–water partition coefficient (Wildman–Crippen LogP) is 3.50. The van der Waals surface area contributed by atoms with Crippen LogP contribution in [0.5, 0.6) is 5.75 Å². The van der Waals surface area contributed by atoms with Crippen molar-refractivity contribution in [2.24, 2.45) is 0 Å². The highest BCUT2D eigenvalue weighted by molar-refractivity contribution is 7.92. The van der Waals surface area contributed by atoms with E-state index in [1.807, 2.05) is 24.3 Å². The lowest BCUT2D eigenvalue weighted by molar-refractivity contribution is -0.111. The fraction of sp³-hybridized carbons (Fsp3) is 0.211. The second-order valence-electron chi connectivity index (χ2n) is 5.56. The van der Waals surface area contributed by atoms with E-state index in [4.69, 9.17) is 4.74 Å². The van der Waals surface area contributed by atoms with Crippen molar-refractivity contribution in [3.63, 3.8) is 0 Å². The molecule has 138 valence electrons. The number of amides is 1. The Balaban J connectivity index is 1.98. The Bertz CT molecular complexity index is 875. The number of nitrogens with one attached hydrogen (secondary N) is 2. The van der Waals surface area contributed by atoms with Gasteiger partial charge in [-0.2, -0.15) is 0 Å². The van der Waals surface area contributed by atoms with Crippen LogP contribution in [0.15, 0.2) is 54.6 Å². The van der Waals surface area contributed by atoms with Gasteiger partial charge < -0.3 is 10.1 Å². The summed E-state index contributed by atoms with van der Waals surface area (Å²) in [6, 6.07) is 13.9. The van der Waals surface area contributed by atoms with E-state index in [9.17, 15) is 13.2 Å². The van der Waals surface area contributed by atoms with Crippen molar-refractivity contribution < 1.29 is 17.9 Å². The molecule has 0 heterocycles. The molecule has 2 aromatic carbocycles. The Hall–Kier alpha value is -2.80. The van der Waals surface area contributed by atoms with Gasteiger partial charge in [-0.15, -0.1) is 0 Å². The average molecular weight is 374 g/mol. The second-order valence-corrected chi connectivity index (χ2v) is 7.40. The normalized spacial score (nSPS) is 11.3. The van der Waals surface area contributed by atoms with E-state index >= 15 is 0 Å². The summed E-state index contributed by atoms with van der Waals surface area (Å²) < 4.78 is 31.2. The Morgan fingerprint density at radius 2 is 1.73 bits per heavy atom. The van der Waals surface area contributed by atoms with Crippen LogP contribution < -0.4 is 14.8 Å². The third-order valence-corrected chi connectivity index (χ3v) is 4.94. The largest absolute Gasteiger partial charge is 0.496 e. The third-order valence-electron chi connectivity index (χ3n) is 3.45. The maximum atomic E-state index is 12.0. The first kappa shape index (κ1) is 19.5. The highest BCUT2D eigenvalue weighted by atomic mass is 32.2. The smallest absolute Gasteiger partial charge is 0.248 e. The van der Waals surface area contributed by atoms with Crippen molar-refractivity contribution in [3.05, 3.63) is 60.2 Å². The maximum Gasteiger partial charge on any atom is 0.248 e. The van der Waals surface area contributed by atoms with Crippen LogP contribution in [0.25, 0.3) is 6.08 Å². The summed E-state index contributed by atoms with van der Waals surface area (Å²) in [5, 5.41) is 2.72. The summed E-state index contributed by atoms with van der Waals surface area (Å²) in [7, 11) is -1.75. The first-order valence-electron chi connectivity index (χ1n) is 8.16. The molecule has 2 N–H and O–H groups in total. The minimum atomic E-state index is -3.33. The van der Waals surface area contributed by atoms with Crippen LogP contribution in [0.3, 0.4) is 0 Å². The van der Waals surface area contributed by atoms with E-state index in [0.29, 0.717) is 23.5 Å². The maximum absolute atomic E-state index is 12.0. The second kappa shape index (κ2) is 9.05. The van der Waals surface area contributed by atoms with E-state index < -0.39 is 10.0 Å². The van der Waals surface area contributed by atoms with Crippen molar-refractivity contribution in [3.8, 4) is 5.75 Å². The molecular formula is C19H22N2O4S. The molecule has 1 amide bonds. The number of hydrogen-bond donors (Lipinski definition) is 2. The van der Waals surface area contributed by atoms with Crippen molar-refractivity contribution in [1.29, 1.82) is 0 Å². The Kier molecular flexibility index (Phi) is 6.80. The number of anilines is 2. The highest BCUT2D eigenvalue weighted by Gasteiger charge is 2.08. The van der Waals surface area contributed by atoms with Crippen molar-refractivity contribution in [2.75, 3.05) is 22.9 Å². The molecule has 0 atom stereocenters. The molecule has 0 aliphatic carbocycles. The number of carbonyl (C=O) groups excluding carboxylic acids is 1. The van der Waals surface area contributed by atoms with Crippen molar-refractivity contribution >= 4 is 33.4 Å². The molecule has 0 aliphatic heterocycles. The zero-order valence-electron chi connectivity index (χ0n) is 14.7. The van der Waals surface area contributed by atoms with E-state index in [2.05, 4.69) is 10.0 Å². The van der Waals surface area contributed by atoms with E-state index in [0.717, 1.165) is 5.56 Å². The molecule has 7 heteroatoms. The summed E-state index contributed by atoms with van der Waals surface area (Å²) in [5.74, 6) is 0.453. The zero-order valence-corrected chi connectivity index (χ0v) is 15.5. The van der Waals surface area contributed by atoms with Crippen LogP contribution in [0, 0.1) is 0 Å².